The van der Waals surface area contributed by atoms with Crippen molar-refractivity contribution in [3.05, 3.63) is 64.5 Å². The number of nitrogens with two attached hydrogens (primary N) is 1. The molecule has 26 heavy (non-hydrogen) atoms. The van der Waals surface area contributed by atoms with Gasteiger partial charge in [0.05, 0.1) is 6.54 Å². The Morgan fingerprint density at radius 2 is 2.08 bits per heavy atom. The molecule has 0 aromatic heterocycles. The normalized spacial score (nSPS) is 13.2. The molecular formula is C20H22FN3O2. The summed E-state index contributed by atoms with van der Waals surface area (Å²) in [4.78, 5) is 25.9. The van der Waals surface area contributed by atoms with Crippen LogP contribution in [0.3, 0.4) is 0 Å². The van der Waals surface area contributed by atoms with E-state index < -0.39 is 5.91 Å². The Balaban J connectivity index is 1.66. The maximum atomic E-state index is 13.6. The Bertz CT molecular complexity index is 851. The molecule has 0 aliphatic carbocycles. The molecular weight excluding hydrogens is 333 g/mol. The van der Waals surface area contributed by atoms with E-state index in [4.69, 9.17) is 5.73 Å². The molecule has 2 aromatic rings. The predicted octanol–water partition coefficient (Wildman–Crippen LogP) is 2.30. The van der Waals surface area contributed by atoms with Gasteiger partial charge in [-0.2, -0.15) is 0 Å². The molecule has 1 heterocycles. The lowest BCUT2D eigenvalue weighted by atomic mass is 9.96. The van der Waals surface area contributed by atoms with E-state index in [9.17, 15) is 14.0 Å². The van der Waals surface area contributed by atoms with E-state index in [1.54, 1.807) is 31.2 Å². The highest BCUT2D eigenvalue weighted by Gasteiger charge is 2.22. The zero-order valence-electron chi connectivity index (χ0n) is 14.7. The molecule has 2 amide bonds. The topological polar surface area (TPSA) is 75.4 Å². The van der Waals surface area contributed by atoms with Crippen LogP contribution in [-0.4, -0.2) is 24.9 Å². The number of amides is 2. The van der Waals surface area contributed by atoms with E-state index in [1.807, 2.05) is 11.0 Å². The van der Waals surface area contributed by atoms with E-state index in [2.05, 4.69) is 5.32 Å². The minimum absolute atomic E-state index is 0.150. The molecule has 0 atom stereocenters. The van der Waals surface area contributed by atoms with Crippen LogP contribution in [0.2, 0.25) is 0 Å². The number of rotatable bonds is 5. The Labute approximate surface area is 152 Å². The molecule has 5 nitrogen and oxygen atoms in total. The van der Waals surface area contributed by atoms with Gasteiger partial charge >= 0.3 is 0 Å². The molecule has 0 saturated heterocycles. The molecule has 0 bridgehead atoms. The summed E-state index contributed by atoms with van der Waals surface area (Å²) in [6.45, 7) is 2.90. The summed E-state index contributed by atoms with van der Waals surface area (Å²) in [6.07, 6.45) is 1.63. The van der Waals surface area contributed by atoms with Crippen LogP contribution in [0.4, 0.5) is 10.1 Å². The minimum atomic E-state index is -0.449. The van der Waals surface area contributed by atoms with Crippen molar-refractivity contribution in [3.8, 4) is 0 Å². The molecule has 1 aliphatic rings. The monoisotopic (exact) mass is 355 g/mol. The standard InChI is InChI=1S/C20H22FN3O2/c1-13-7-8-14(10-17(13)21)11-23-19(25)12-24-9-3-5-15-16(20(22)26)4-2-6-18(15)24/h2,4,6-8,10H,3,5,9,11-12H2,1H3,(H2,22,26)(H,23,25). The number of primary amides is 1. The van der Waals surface area contributed by atoms with Crippen LogP contribution in [0.1, 0.15) is 33.5 Å². The Hall–Kier alpha value is -2.89. The molecule has 0 saturated carbocycles. The lowest BCUT2D eigenvalue weighted by Crippen LogP contribution is -2.40. The van der Waals surface area contributed by atoms with Crippen molar-refractivity contribution in [1.29, 1.82) is 0 Å². The SMILES string of the molecule is Cc1ccc(CNC(=O)CN2CCCc3c(C(N)=O)cccc32)cc1F. The Kier molecular flexibility index (Phi) is 5.21. The number of hydrogen-bond acceptors (Lipinski definition) is 3. The average Bonchev–Trinajstić information content (AvgIpc) is 2.62. The summed E-state index contributed by atoms with van der Waals surface area (Å²) in [5, 5.41) is 2.82. The van der Waals surface area contributed by atoms with Crippen molar-refractivity contribution in [1.82, 2.24) is 5.32 Å². The van der Waals surface area contributed by atoms with E-state index in [-0.39, 0.29) is 24.8 Å². The van der Waals surface area contributed by atoms with Gasteiger partial charge in [-0.1, -0.05) is 18.2 Å². The number of benzene rings is 2. The lowest BCUT2D eigenvalue weighted by molar-refractivity contribution is -0.119. The molecule has 0 unspecified atom stereocenters. The van der Waals surface area contributed by atoms with Gasteiger partial charge < -0.3 is 16.0 Å². The van der Waals surface area contributed by atoms with Crippen molar-refractivity contribution in [3.63, 3.8) is 0 Å². The number of carbonyl (C=O) groups excluding carboxylic acids is 2. The van der Waals surface area contributed by atoms with E-state index in [0.717, 1.165) is 36.2 Å². The molecule has 6 heteroatoms. The van der Waals surface area contributed by atoms with Crippen LogP contribution in [0, 0.1) is 12.7 Å². The van der Waals surface area contributed by atoms with E-state index in [1.165, 1.54) is 6.07 Å². The van der Waals surface area contributed by atoms with Crippen LogP contribution in [0.5, 0.6) is 0 Å². The predicted molar refractivity (Wildman–Crippen MR) is 98.5 cm³/mol. The van der Waals surface area contributed by atoms with Gasteiger partial charge in [0.25, 0.3) is 0 Å². The van der Waals surface area contributed by atoms with E-state index >= 15 is 0 Å². The van der Waals surface area contributed by atoms with Crippen LogP contribution in [0.25, 0.3) is 0 Å². The van der Waals surface area contributed by atoms with Gasteiger partial charge in [-0.05, 0) is 54.7 Å². The highest BCUT2D eigenvalue weighted by atomic mass is 19.1. The van der Waals surface area contributed by atoms with Gasteiger partial charge in [0, 0.05) is 24.3 Å². The molecule has 1 aliphatic heterocycles. The van der Waals surface area contributed by atoms with Crippen LogP contribution < -0.4 is 16.0 Å². The quantitative estimate of drug-likeness (QED) is 0.864. The highest BCUT2D eigenvalue weighted by molar-refractivity contribution is 5.96. The summed E-state index contributed by atoms with van der Waals surface area (Å²) in [5.41, 5.74) is 9.05. The largest absolute Gasteiger partial charge is 0.366 e. The first-order chi connectivity index (χ1) is 12.5. The minimum Gasteiger partial charge on any atom is -0.366 e. The second-order valence-corrected chi connectivity index (χ2v) is 6.55. The molecule has 2 aromatic carbocycles. The Morgan fingerprint density at radius 1 is 1.27 bits per heavy atom. The summed E-state index contributed by atoms with van der Waals surface area (Å²) < 4.78 is 13.6. The maximum absolute atomic E-state index is 13.6. The van der Waals surface area contributed by atoms with Crippen molar-refractivity contribution < 1.29 is 14.0 Å². The molecule has 136 valence electrons. The van der Waals surface area contributed by atoms with Crippen LogP contribution in [0.15, 0.2) is 36.4 Å². The second kappa shape index (κ2) is 7.56. The number of nitrogens with zero attached hydrogens (tertiary/aromatic N) is 1. The molecule has 0 spiro atoms. The number of anilines is 1. The third kappa shape index (κ3) is 3.85. The van der Waals surface area contributed by atoms with Crippen molar-refractivity contribution in [2.45, 2.75) is 26.3 Å². The molecule has 3 N–H and O–H groups in total. The number of halogens is 1. The molecule has 3 rings (SSSR count). The van der Waals surface area contributed by atoms with E-state index in [0.29, 0.717) is 11.1 Å². The van der Waals surface area contributed by atoms with Crippen molar-refractivity contribution in [2.75, 3.05) is 18.0 Å². The number of aryl methyl sites for hydroxylation is 1. The fraction of sp³-hybridized carbons (Fsp3) is 0.300. The summed E-state index contributed by atoms with van der Waals surface area (Å²) in [5.74, 6) is -0.876. The first-order valence-corrected chi connectivity index (χ1v) is 8.64. The van der Waals surface area contributed by atoms with Gasteiger partial charge in [-0.25, -0.2) is 4.39 Å². The zero-order chi connectivity index (χ0) is 18.7. The number of carbonyl (C=O) groups is 2. The maximum Gasteiger partial charge on any atom is 0.249 e. The molecule has 0 radical (unpaired) electrons. The smallest absolute Gasteiger partial charge is 0.249 e. The average molecular weight is 355 g/mol. The van der Waals surface area contributed by atoms with Gasteiger partial charge in [0.1, 0.15) is 5.82 Å². The second-order valence-electron chi connectivity index (χ2n) is 6.55. The fourth-order valence-electron chi connectivity index (χ4n) is 3.27. The van der Waals surface area contributed by atoms with Gasteiger partial charge in [0.2, 0.25) is 11.8 Å². The van der Waals surface area contributed by atoms with Crippen molar-refractivity contribution >= 4 is 17.5 Å². The summed E-state index contributed by atoms with van der Waals surface area (Å²) in [7, 11) is 0. The third-order valence-corrected chi connectivity index (χ3v) is 4.67. The van der Waals surface area contributed by atoms with Gasteiger partial charge in [0.15, 0.2) is 0 Å². The number of nitrogens with one attached hydrogen (secondary N) is 1. The van der Waals surface area contributed by atoms with Gasteiger partial charge in [-0.15, -0.1) is 0 Å². The zero-order valence-corrected chi connectivity index (χ0v) is 14.7. The molecule has 0 fully saturated rings. The number of fused-ring (bicyclic) bond motifs is 1. The summed E-state index contributed by atoms with van der Waals surface area (Å²) in [6, 6.07) is 10.3. The third-order valence-electron chi connectivity index (χ3n) is 4.67. The van der Waals surface area contributed by atoms with Crippen LogP contribution >= 0.6 is 0 Å². The van der Waals surface area contributed by atoms with Crippen molar-refractivity contribution in [2.24, 2.45) is 5.73 Å². The fourth-order valence-corrected chi connectivity index (χ4v) is 3.27. The first-order valence-electron chi connectivity index (χ1n) is 8.64. The van der Waals surface area contributed by atoms with Crippen LogP contribution in [-0.2, 0) is 17.8 Å². The Morgan fingerprint density at radius 3 is 2.81 bits per heavy atom. The van der Waals surface area contributed by atoms with Gasteiger partial charge in [-0.3, -0.25) is 9.59 Å². The highest BCUT2D eigenvalue weighted by Crippen LogP contribution is 2.29. The summed E-state index contributed by atoms with van der Waals surface area (Å²) >= 11 is 0. The lowest BCUT2D eigenvalue weighted by Gasteiger charge is -2.31. The number of hydrogen-bond donors (Lipinski definition) is 2. The first kappa shape index (κ1) is 17.9.